The Morgan fingerprint density at radius 2 is 1.47 bits per heavy atom. The molecule has 0 spiro atoms. The summed E-state index contributed by atoms with van der Waals surface area (Å²) in [5, 5.41) is 0. The summed E-state index contributed by atoms with van der Waals surface area (Å²) in [6.07, 6.45) is 14.4. The van der Waals surface area contributed by atoms with Crippen LogP contribution in [0.25, 0.3) is 0 Å². The van der Waals surface area contributed by atoms with Crippen molar-refractivity contribution in [2.75, 3.05) is 7.11 Å². The van der Waals surface area contributed by atoms with Crippen molar-refractivity contribution >= 4 is 17.9 Å². The number of ether oxygens (including phenoxy) is 3. The minimum absolute atomic E-state index is 0.146. The summed E-state index contributed by atoms with van der Waals surface area (Å²) < 4.78 is 16.1. The number of unbranched alkanes of at least 4 members (excludes halogenated alkanes) is 2. The van der Waals surface area contributed by atoms with Crippen molar-refractivity contribution in [3.8, 4) is 0 Å². The third-order valence-electron chi connectivity index (χ3n) is 8.51. The molecule has 2 fully saturated rings. The Bertz CT molecular complexity index is 713. The number of hydrogen-bond acceptors (Lipinski definition) is 6. The number of methoxy groups -OCH3 is 1. The van der Waals surface area contributed by atoms with Crippen LogP contribution in [0.1, 0.15) is 124 Å². The molecule has 0 N–H and O–H groups in total. The monoisotopic (exact) mass is 506 g/mol. The average Bonchev–Trinajstić information content (AvgIpc) is 2.85. The zero-order valence-corrected chi connectivity index (χ0v) is 23.3. The summed E-state index contributed by atoms with van der Waals surface area (Å²) in [6.45, 7) is 9.56. The van der Waals surface area contributed by atoms with Crippen molar-refractivity contribution in [3.63, 3.8) is 0 Å². The molecule has 1 atom stereocenters. The van der Waals surface area contributed by atoms with Gasteiger partial charge in [0.25, 0.3) is 0 Å². The van der Waals surface area contributed by atoms with E-state index < -0.39 is 23.6 Å². The maximum absolute atomic E-state index is 13.1. The molecule has 6 heteroatoms. The van der Waals surface area contributed by atoms with E-state index in [-0.39, 0.29) is 24.4 Å². The van der Waals surface area contributed by atoms with E-state index in [0.29, 0.717) is 12.3 Å². The van der Waals surface area contributed by atoms with E-state index in [9.17, 15) is 14.4 Å². The molecular formula is C30H50O6. The first kappa shape index (κ1) is 30.4. The maximum atomic E-state index is 13.1. The molecule has 0 aliphatic heterocycles. The molecule has 0 aromatic carbocycles. The summed E-state index contributed by atoms with van der Waals surface area (Å²) in [6, 6.07) is 0. The Kier molecular flexibility index (Phi) is 13.0. The lowest BCUT2D eigenvalue weighted by Gasteiger charge is -2.43. The number of esters is 3. The van der Waals surface area contributed by atoms with Gasteiger partial charge in [-0.25, -0.2) is 4.79 Å². The normalized spacial score (nSPS) is 27.1. The van der Waals surface area contributed by atoms with Gasteiger partial charge in [-0.05, 0) is 75.0 Å². The standard InChI is InChI=1S/C30H50O6/c1-6-8-9-11-28(36-29(33)22(3)4)35-27(32)21-30(20-26(31)34-5)18-16-25(17-19-30)24-14-12-23(10-7-2)13-15-24/h23-25,28H,3,6-21H2,1-2,4-5H3. The van der Waals surface area contributed by atoms with Gasteiger partial charge in [-0.3, -0.25) is 9.59 Å². The third kappa shape index (κ3) is 9.89. The van der Waals surface area contributed by atoms with Crippen molar-refractivity contribution in [2.45, 2.75) is 130 Å². The van der Waals surface area contributed by atoms with E-state index in [2.05, 4.69) is 20.4 Å². The average molecular weight is 507 g/mol. The van der Waals surface area contributed by atoms with Gasteiger partial charge in [-0.1, -0.05) is 59.0 Å². The van der Waals surface area contributed by atoms with E-state index in [1.54, 1.807) is 6.92 Å². The molecule has 36 heavy (non-hydrogen) atoms. The zero-order valence-electron chi connectivity index (χ0n) is 23.3. The molecule has 0 bridgehead atoms. The van der Waals surface area contributed by atoms with Crippen LogP contribution in [0.3, 0.4) is 0 Å². The molecular weight excluding hydrogens is 456 g/mol. The second-order valence-electron chi connectivity index (χ2n) is 11.4. The van der Waals surface area contributed by atoms with Crippen LogP contribution in [0.15, 0.2) is 12.2 Å². The van der Waals surface area contributed by atoms with Gasteiger partial charge < -0.3 is 14.2 Å². The highest BCUT2D eigenvalue weighted by Gasteiger charge is 2.42. The Labute approximate surface area is 218 Å². The number of rotatable bonds is 14. The largest absolute Gasteiger partial charge is 0.469 e. The third-order valence-corrected chi connectivity index (χ3v) is 8.51. The molecule has 206 valence electrons. The molecule has 6 nitrogen and oxygen atoms in total. The Morgan fingerprint density at radius 3 is 2.03 bits per heavy atom. The van der Waals surface area contributed by atoms with Crippen LogP contribution < -0.4 is 0 Å². The Balaban J connectivity index is 1.99. The fraction of sp³-hybridized carbons (Fsp3) is 0.833. The summed E-state index contributed by atoms with van der Waals surface area (Å²) in [5.74, 6) is 1.09. The minimum Gasteiger partial charge on any atom is -0.469 e. The topological polar surface area (TPSA) is 78.9 Å². The quantitative estimate of drug-likeness (QED) is 0.106. The lowest BCUT2D eigenvalue weighted by Crippen LogP contribution is -2.37. The highest BCUT2D eigenvalue weighted by atomic mass is 16.7. The predicted octanol–water partition coefficient (Wildman–Crippen LogP) is 7.29. The van der Waals surface area contributed by atoms with Crippen LogP contribution in [0.4, 0.5) is 0 Å². The molecule has 2 aliphatic carbocycles. The van der Waals surface area contributed by atoms with E-state index in [0.717, 1.165) is 56.8 Å². The van der Waals surface area contributed by atoms with E-state index >= 15 is 0 Å². The van der Waals surface area contributed by atoms with Gasteiger partial charge >= 0.3 is 17.9 Å². The molecule has 1 unspecified atom stereocenters. The number of carbonyl (C=O) groups excluding carboxylic acids is 3. The molecule has 0 saturated heterocycles. The fourth-order valence-corrected chi connectivity index (χ4v) is 6.29. The first-order valence-electron chi connectivity index (χ1n) is 14.3. The van der Waals surface area contributed by atoms with Crippen LogP contribution in [-0.4, -0.2) is 31.3 Å². The van der Waals surface area contributed by atoms with Crippen LogP contribution in [0, 0.1) is 23.2 Å². The molecule has 0 radical (unpaired) electrons. The fourth-order valence-electron chi connectivity index (χ4n) is 6.29. The highest BCUT2D eigenvalue weighted by Crippen LogP contribution is 2.49. The summed E-state index contributed by atoms with van der Waals surface area (Å²) in [4.78, 5) is 37.5. The van der Waals surface area contributed by atoms with Gasteiger partial charge in [0, 0.05) is 12.0 Å². The molecule has 2 rings (SSSR count). The lowest BCUT2D eigenvalue weighted by atomic mass is 9.62. The maximum Gasteiger partial charge on any atom is 0.336 e. The molecule has 0 heterocycles. The van der Waals surface area contributed by atoms with Crippen LogP contribution in [0.5, 0.6) is 0 Å². The van der Waals surface area contributed by atoms with Gasteiger partial charge in [0.1, 0.15) is 0 Å². The van der Waals surface area contributed by atoms with Crippen LogP contribution >= 0.6 is 0 Å². The highest BCUT2D eigenvalue weighted by molar-refractivity contribution is 5.87. The van der Waals surface area contributed by atoms with E-state index in [1.165, 1.54) is 45.6 Å². The van der Waals surface area contributed by atoms with Crippen molar-refractivity contribution in [1.82, 2.24) is 0 Å². The van der Waals surface area contributed by atoms with Crippen molar-refractivity contribution in [3.05, 3.63) is 12.2 Å². The first-order chi connectivity index (χ1) is 17.2. The smallest absolute Gasteiger partial charge is 0.336 e. The van der Waals surface area contributed by atoms with Gasteiger partial charge in [0.15, 0.2) is 0 Å². The van der Waals surface area contributed by atoms with Crippen molar-refractivity contribution < 1.29 is 28.6 Å². The van der Waals surface area contributed by atoms with Crippen molar-refractivity contribution in [1.29, 1.82) is 0 Å². The van der Waals surface area contributed by atoms with Gasteiger partial charge in [0.2, 0.25) is 6.29 Å². The lowest BCUT2D eigenvalue weighted by molar-refractivity contribution is -0.188. The van der Waals surface area contributed by atoms with Crippen molar-refractivity contribution in [2.24, 2.45) is 23.2 Å². The number of carbonyl (C=O) groups is 3. The van der Waals surface area contributed by atoms with Crippen LogP contribution in [0.2, 0.25) is 0 Å². The Hall–Kier alpha value is -1.85. The minimum atomic E-state index is -0.918. The molecule has 2 saturated carbocycles. The van der Waals surface area contributed by atoms with Crippen LogP contribution in [-0.2, 0) is 28.6 Å². The zero-order chi connectivity index (χ0) is 26.6. The van der Waals surface area contributed by atoms with E-state index in [1.807, 2.05) is 0 Å². The summed E-state index contributed by atoms with van der Waals surface area (Å²) in [5.41, 5.74) is -0.178. The second kappa shape index (κ2) is 15.4. The first-order valence-corrected chi connectivity index (χ1v) is 14.3. The SMILES string of the molecule is C=C(C)C(=O)OC(CCCCC)OC(=O)CC1(CC(=O)OC)CCC(C2CCC(CCC)CC2)CC1. The van der Waals surface area contributed by atoms with Gasteiger partial charge in [0.05, 0.1) is 20.0 Å². The molecule has 0 aromatic rings. The summed E-state index contributed by atoms with van der Waals surface area (Å²) in [7, 11) is 1.40. The summed E-state index contributed by atoms with van der Waals surface area (Å²) >= 11 is 0. The second-order valence-corrected chi connectivity index (χ2v) is 11.4. The van der Waals surface area contributed by atoms with Gasteiger partial charge in [-0.15, -0.1) is 0 Å². The number of hydrogen-bond donors (Lipinski definition) is 0. The Morgan fingerprint density at radius 1 is 0.861 bits per heavy atom. The van der Waals surface area contributed by atoms with Gasteiger partial charge in [-0.2, -0.15) is 0 Å². The molecule has 2 aliphatic rings. The molecule has 0 aromatic heterocycles. The van der Waals surface area contributed by atoms with E-state index in [4.69, 9.17) is 14.2 Å². The molecule has 0 amide bonds. The predicted molar refractivity (Wildman–Crippen MR) is 141 cm³/mol.